The van der Waals surface area contributed by atoms with Crippen molar-refractivity contribution in [2.24, 2.45) is 5.41 Å². The second kappa shape index (κ2) is 11.1. The summed E-state index contributed by atoms with van der Waals surface area (Å²) in [4.78, 5) is 15.5. The molecule has 3 N–H and O–H groups in total. The Hall–Kier alpha value is -2.48. The zero-order chi connectivity index (χ0) is 25.9. The lowest BCUT2D eigenvalue weighted by molar-refractivity contribution is 0.274. The maximum absolute atomic E-state index is 13.3. The van der Waals surface area contributed by atoms with Crippen molar-refractivity contribution in [3.05, 3.63) is 62.3 Å². The van der Waals surface area contributed by atoms with Crippen molar-refractivity contribution < 1.29 is 14.5 Å². The molecule has 2 aromatic carbocycles. The maximum atomic E-state index is 13.3. The molecule has 1 saturated heterocycles. The van der Waals surface area contributed by atoms with Gasteiger partial charge in [0, 0.05) is 41.4 Å². The second-order valence-electron chi connectivity index (χ2n) is 9.77. The lowest BCUT2D eigenvalue weighted by atomic mass is 9.79. The Labute approximate surface area is 213 Å². The molecular weight excluding hydrogens is 463 g/mol. The first kappa shape index (κ1) is 27.1. The molecule has 0 amide bonds. The molecule has 1 aliphatic rings. The number of nitrogens with zero attached hydrogens (tertiary/aromatic N) is 1. The zero-order valence-corrected chi connectivity index (χ0v) is 22.3. The number of nitrogens with one attached hydrogen (secondary N) is 1. The van der Waals surface area contributed by atoms with Crippen LogP contribution in [0.1, 0.15) is 57.2 Å². The van der Waals surface area contributed by atoms with Crippen LogP contribution < -0.4 is 21.1 Å². The van der Waals surface area contributed by atoms with E-state index in [0.29, 0.717) is 45.1 Å². The van der Waals surface area contributed by atoms with Crippen LogP contribution in [0.3, 0.4) is 0 Å². The van der Waals surface area contributed by atoms with Gasteiger partial charge in [-0.15, -0.1) is 0 Å². The highest BCUT2D eigenvalue weighted by molar-refractivity contribution is 6.61. The number of hydrogen-bond donors (Lipinski definition) is 3. The monoisotopic (exact) mass is 498 g/mol. The van der Waals surface area contributed by atoms with Crippen LogP contribution in [0.4, 0.5) is 11.6 Å². The minimum absolute atomic E-state index is 0.0148. The first-order chi connectivity index (χ1) is 16.6. The Kier molecular flexibility index (Phi) is 8.57. The van der Waals surface area contributed by atoms with E-state index in [1.807, 2.05) is 39.8 Å². The predicted molar refractivity (Wildman–Crippen MR) is 147 cm³/mol. The van der Waals surface area contributed by atoms with Crippen molar-refractivity contribution in [3.8, 4) is 0 Å². The number of aryl methyl sites for hydroxylation is 1. The molecule has 1 fully saturated rings. The summed E-state index contributed by atoms with van der Waals surface area (Å²) in [5.74, 6) is 0.645. The lowest BCUT2D eigenvalue weighted by Crippen LogP contribution is -2.38. The lowest BCUT2D eigenvalue weighted by Gasteiger charge is -2.37. The van der Waals surface area contributed by atoms with Crippen molar-refractivity contribution in [2.45, 2.75) is 60.9 Å². The van der Waals surface area contributed by atoms with E-state index >= 15 is 0 Å². The molecule has 0 aliphatic carbocycles. The van der Waals surface area contributed by atoms with Crippen molar-refractivity contribution in [2.75, 3.05) is 23.3 Å². The Morgan fingerprint density at radius 1 is 1.11 bits per heavy atom. The Bertz CT molecular complexity index is 1250. The van der Waals surface area contributed by atoms with E-state index in [-0.39, 0.29) is 10.9 Å². The largest absolute Gasteiger partial charge is 0.490 e. The maximum Gasteiger partial charge on any atom is 0.490 e. The number of hydrogen-bond acceptors (Lipinski definition) is 6. The molecule has 0 spiro atoms. The van der Waals surface area contributed by atoms with Crippen LogP contribution in [0.2, 0.25) is 5.02 Å². The first-order valence-corrected chi connectivity index (χ1v) is 12.6. The molecule has 1 aliphatic heterocycles. The average Bonchev–Trinajstić information content (AvgIpc) is 2.82. The topological polar surface area (TPSA) is 85.9 Å². The number of halogens is 1. The Balaban J connectivity index is 0.00000167. The number of benzene rings is 2. The van der Waals surface area contributed by atoms with E-state index in [1.54, 1.807) is 12.1 Å². The van der Waals surface area contributed by atoms with Crippen LogP contribution in [-0.2, 0) is 6.54 Å². The fourth-order valence-corrected chi connectivity index (χ4v) is 4.64. The normalized spacial score (nSPS) is 14.9. The van der Waals surface area contributed by atoms with Gasteiger partial charge in [0.05, 0.1) is 10.9 Å². The summed E-state index contributed by atoms with van der Waals surface area (Å²) >= 11 is 6.01. The van der Waals surface area contributed by atoms with Crippen molar-refractivity contribution in [3.63, 3.8) is 0 Å². The molecule has 1 aromatic heterocycles. The third-order valence-corrected chi connectivity index (χ3v) is 6.82. The van der Waals surface area contributed by atoms with Crippen molar-refractivity contribution in [1.29, 1.82) is 0 Å². The first-order valence-electron chi connectivity index (χ1n) is 12.3. The van der Waals surface area contributed by atoms with Crippen molar-refractivity contribution >= 4 is 46.7 Å². The summed E-state index contributed by atoms with van der Waals surface area (Å²) in [6.07, 6.45) is 2.08. The van der Waals surface area contributed by atoms with Crippen LogP contribution in [0, 0.1) is 19.3 Å². The van der Waals surface area contributed by atoms with E-state index in [9.17, 15) is 14.8 Å². The minimum atomic E-state index is -1.66. The van der Waals surface area contributed by atoms with E-state index in [0.717, 1.165) is 37.1 Å². The summed E-state index contributed by atoms with van der Waals surface area (Å²) in [6, 6.07) is 8.76. The predicted octanol–water partition coefficient (Wildman–Crippen LogP) is 5.01. The van der Waals surface area contributed by atoms with Gasteiger partial charge in [0.15, 0.2) is 5.43 Å². The fourth-order valence-electron chi connectivity index (χ4n) is 4.46. The van der Waals surface area contributed by atoms with Gasteiger partial charge in [-0.05, 0) is 61.9 Å². The van der Waals surface area contributed by atoms with E-state index < -0.39 is 7.12 Å². The van der Waals surface area contributed by atoms with Gasteiger partial charge >= 0.3 is 7.12 Å². The fraction of sp³-hybridized carbons (Fsp3) is 0.444. The van der Waals surface area contributed by atoms with Crippen LogP contribution >= 0.6 is 11.6 Å². The van der Waals surface area contributed by atoms with E-state index in [1.165, 1.54) is 6.07 Å². The standard InChI is InChI=1S/C25H30BClN2O4.C2H6/c1-15-11-17(14-28-21-6-5-18(27)13-20(21)26(31)32)23-19(12-15)22(30)16(2)24(33-23)29-9-7-25(3,4)8-10-29;1-2/h5-6,11-13,28,31-32H,7-10,14H2,1-4H3;1-2H3. The van der Waals surface area contributed by atoms with Crippen LogP contribution in [0.5, 0.6) is 0 Å². The molecule has 4 rings (SSSR count). The summed E-state index contributed by atoms with van der Waals surface area (Å²) in [6.45, 7) is 14.4. The minimum Gasteiger partial charge on any atom is -0.440 e. The molecule has 0 atom stereocenters. The summed E-state index contributed by atoms with van der Waals surface area (Å²) in [5.41, 5.74) is 4.09. The van der Waals surface area contributed by atoms with Crippen LogP contribution in [0.25, 0.3) is 11.0 Å². The molecule has 2 heterocycles. The second-order valence-corrected chi connectivity index (χ2v) is 10.2. The number of rotatable bonds is 5. The SMILES string of the molecule is CC.Cc1cc(CNc2ccc(Cl)cc2B(O)O)c2oc(N3CCC(C)(C)CC3)c(C)c(=O)c2c1. The smallest absolute Gasteiger partial charge is 0.440 e. The highest BCUT2D eigenvalue weighted by atomic mass is 35.5. The molecule has 6 nitrogen and oxygen atoms in total. The number of fused-ring (bicyclic) bond motifs is 1. The van der Waals surface area contributed by atoms with Gasteiger partial charge in [-0.25, -0.2) is 0 Å². The molecule has 3 aromatic rings. The Morgan fingerprint density at radius 3 is 2.40 bits per heavy atom. The summed E-state index contributed by atoms with van der Waals surface area (Å²) in [5, 5.41) is 23.7. The molecule has 8 heteroatoms. The van der Waals surface area contributed by atoms with Crippen LogP contribution in [0.15, 0.2) is 39.5 Å². The van der Waals surface area contributed by atoms with E-state index in [4.69, 9.17) is 16.0 Å². The molecule has 0 unspecified atom stereocenters. The van der Waals surface area contributed by atoms with Gasteiger partial charge in [0.25, 0.3) is 0 Å². The number of piperidine rings is 1. The highest BCUT2D eigenvalue weighted by Gasteiger charge is 2.28. The van der Waals surface area contributed by atoms with Crippen molar-refractivity contribution in [1.82, 2.24) is 0 Å². The van der Waals surface area contributed by atoms with Crippen LogP contribution in [-0.4, -0.2) is 30.3 Å². The van der Waals surface area contributed by atoms with Gasteiger partial charge < -0.3 is 24.7 Å². The van der Waals surface area contributed by atoms with Gasteiger partial charge in [0.2, 0.25) is 5.88 Å². The van der Waals surface area contributed by atoms with Gasteiger partial charge in [-0.1, -0.05) is 45.4 Å². The quantitative estimate of drug-likeness (QED) is 0.429. The molecule has 0 radical (unpaired) electrons. The third-order valence-electron chi connectivity index (χ3n) is 6.58. The third kappa shape index (κ3) is 6.03. The molecule has 0 saturated carbocycles. The zero-order valence-electron chi connectivity index (χ0n) is 21.5. The molecule has 0 bridgehead atoms. The van der Waals surface area contributed by atoms with Gasteiger partial charge in [-0.2, -0.15) is 0 Å². The Morgan fingerprint density at radius 2 is 1.77 bits per heavy atom. The highest BCUT2D eigenvalue weighted by Crippen LogP contribution is 2.34. The summed E-state index contributed by atoms with van der Waals surface area (Å²) < 4.78 is 6.42. The van der Waals surface area contributed by atoms with Gasteiger partial charge in [-0.3, -0.25) is 4.79 Å². The number of anilines is 2. The van der Waals surface area contributed by atoms with Gasteiger partial charge in [0.1, 0.15) is 5.58 Å². The molecule has 188 valence electrons. The average molecular weight is 499 g/mol. The van der Waals surface area contributed by atoms with E-state index in [2.05, 4.69) is 24.1 Å². The summed E-state index contributed by atoms with van der Waals surface area (Å²) in [7, 11) is -1.66. The molecule has 35 heavy (non-hydrogen) atoms. The molecular formula is C27H36BClN2O4.